The van der Waals surface area contributed by atoms with E-state index in [1.54, 1.807) is 13.8 Å². The third kappa shape index (κ3) is 5.86. The highest BCUT2D eigenvalue weighted by atomic mass is 16.5. The monoisotopic (exact) mass is 258 g/mol. The zero-order valence-electron chi connectivity index (χ0n) is 10.9. The van der Waals surface area contributed by atoms with Crippen molar-refractivity contribution in [1.82, 2.24) is 10.6 Å². The number of amides is 2. The number of ether oxygens (including phenoxy) is 1. The average molecular weight is 258 g/mol. The van der Waals surface area contributed by atoms with Crippen molar-refractivity contribution >= 4 is 12.0 Å². The van der Waals surface area contributed by atoms with E-state index in [0.29, 0.717) is 13.2 Å². The standard InChI is InChI=1S/C12H22N2O4/c1-8(11(15)16)9(2)14-12(17)13-5-6-18-7-10-3-4-10/h8-10H,3-7H2,1-2H3,(H,15,16)(H2,13,14,17). The van der Waals surface area contributed by atoms with Crippen LogP contribution in [-0.2, 0) is 9.53 Å². The second kappa shape index (κ2) is 7.20. The van der Waals surface area contributed by atoms with Gasteiger partial charge >= 0.3 is 12.0 Å². The maximum Gasteiger partial charge on any atom is 0.315 e. The van der Waals surface area contributed by atoms with Crippen LogP contribution >= 0.6 is 0 Å². The largest absolute Gasteiger partial charge is 0.481 e. The van der Waals surface area contributed by atoms with Gasteiger partial charge in [0.2, 0.25) is 0 Å². The molecule has 2 amide bonds. The van der Waals surface area contributed by atoms with Crippen LogP contribution in [0.3, 0.4) is 0 Å². The molecule has 6 heteroatoms. The van der Waals surface area contributed by atoms with Gasteiger partial charge in [0, 0.05) is 19.2 Å². The van der Waals surface area contributed by atoms with Gasteiger partial charge in [-0.25, -0.2) is 4.79 Å². The number of hydrogen-bond donors (Lipinski definition) is 3. The van der Waals surface area contributed by atoms with Crippen LogP contribution in [-0.4, -0.2) is 42.9 Å². The smallest absolute Gasteiger partial charge is 0.315 e. The van der Waals surface area contributed by atoms with Crippen molar-refractivity contribution in [2.24, 2.45) is 11.8 Å². The van der Waals surface area contributed by atoms with Crippen molar-refractivity contribution < 1.29 is 19.4 Å². The first-order chi connectivity index (χ1) is 8.50. The molecule has 6 nitrogen and oxygen atoms in total. The fourth-order valence-corrected chi connectivity index (χ4v) is 1.37. The highest BCUT2D eigenvalue weighted by molar-refractivity contribution is 5.76. The quantitative estimate of drug-likeness (QED) is 0.562. The van der Waals surface area contributed by atoms with Gasteiger partial charge in [-0.3, -0.25) is 4.79 Å². The van der Waals surface area contributed by atoms with Crippen molar-refractivity contribution in [3.8, 4) is 0 Å². The Bertz CT molecular complexity index is 292. The molecule has 0 aromatic heterocycles. The van der Waals surface area contributed by atoms with E-state index < -0.39 is 17.9 Å². The first-order valence-corrected chi connectivity index (χ1v) is 6.35. The van der Waals surface area contributed by atoms with Crippen molar-refractivity contribution in [3.05, 3.63) is 0 Å². The van der Waals surface area contributed by atoms with E-state index in [4.69, 9.17) is 9.84 Å². The number of nitrogens with one attached hydrogen (secondary N) is 2. The summed E-state index contributed by atoms with van der Waals surface area (Å²) >= 11 is 0. The molecule has 0 bridgehead atoms. The molecule has 1 aliphatic rings. The van der Waals surface area contributed by atoms with Gasteiger partial charge in [0.1, 0.15) is 0 Å². The fraction of sp³-hybridized carbons (Fsp3) is 0.833. The van der Waals surface area contributed by atoms with Crippen molar-refractivity contribution in [3.63, 3.8) is 0 Å². The van der Waals surface area contributed by atoms with Gasteiger partial charge < -0.3 is 20.5 Å². The van der Waals surface area contributed by atoms with Crippen LogP contribution in [0.1, 0.15) is 26.7 Å². The van der Waals surface area contributed by atoms with E-state index >= 15 is 0 Å². The molecular weight excluding hydrogens is 236 g/mol. The van der Waals surface area contributed by atoms with Gasteiger partial charge in [-0.15, -0.1) is 0 Å². The third-order valence-electron chi connectivity index (χ3n) is 3.08. The minimum Gasteiger partial charge on any atom is -0.481 e. The first-order valence-electron chi connectivity index (χ1n) is 6.35. The Balaban J connectivity index is 2.02. The second-order valence-corrected chi connectivity index (χ2v) is 4.83. The molecule has 0 heterocycles. The molecule has 18 heavy (non-hydrogen) atoms. The van der Waals surface area contributed by atoms with Gasteiger partial charge in [-0.05, 0) is 32.6 Å². The van der Waals surface area contributed by atoms with E-state index in [0.717, 1.165) is 12.5 Å². The van der Waals surface area contributed by atoms with Crippen LogP contribution in [0.5, 0.6) is 0 Å². The number of carboxylic acid groups (broad SMARTS) is 1. The minimum atomic E-state index is -0.921. The molecule has 1 aliphatic carbocycles. The maximum atomic E-state index is 11.4. The molecular formula is C12H22N2O4. The van der Waals surface area contributed by atoms with Gasteiger partial charge in [0.15, 0.2) is 0 Å². The summed E-state index contributed by atoms with van der Waals surface area (Å²) in [4.78, 5) is 22.1. The van der Waals surface area contributed by atoms with E-state index in [2.05, 4.69) is 10.6 Å². The number of urea groups is 1. The Morgan fingerprint density at radius 1 is 1.39 bits per heavy atom. The van der Waals surface area contributed by atoms with Crippen molar-refractivity contribution in [2.75, 3.05) is 19.8 Å². The summed E-state index contributed by atoms with van der Waals surface area (Å²) in [5.41, 5.74) is 0. The Labute approximate surface area is 107 Å². The number of carboxylic acids is 1. The molecule has 1 fully saturated rings. The summed E-state index contributed by atoms with van der Waals surface area (Å²) in [5, 5.41) is 14.0. The molecule has 0 saturated heterocycles. The molecule has 104 valence electrons. The molecule has 3 N–H and O–H groups in total. The lowest BCUT2D eigenvalue weighted by Gasteiger charge is -2.18. The summed E-state index contributed by atoms with van der Waals surface area (Å²) in [6.07, 6.45) is 2.50. The number of rotatable bonds is 8. The molecule has 1 rings (SSSR count). The number of hydrogen-bond acceptors (Lipinski definition) is 3. The minimum absolute atomic E-state index is 0.356. The average Bonchev–Trinajstić information content (AvgIpc) is 3.11. The van der Waals surface area contributed by atoms with Crippen molar-refractivity contribution in [2.45, 2.75) is 32.7 Å². The molecule has 0 aromatic carbocycles. The summed E-state index contributed by atoms with van der Waals surface area (Å²) in [5.74, 6) is -0.812. The predicted molar refractivity (Wildman–Crippen MR) is 66.3 cm³/mol. The van der Waals surface area contributed by atoms with Gasteiger partial charge in [0.25, 0.3) is 0 Å². The number of carbonyl (C=O) groups is 2. The highest BCUT2D eigenvalue weighted by Crippen LogP contribution is 2.28. The molecule has 0 radical (unpaired) electrons. The first kappa shape index (κ1) is 14.8. The van der Waals surface area contributed by atoms with Crippen molar-refractivity contribution in [1.29, 1.82) is 0 Å². The van der Waals surface area contributed by atoms with E-state index in [1.165, 1.54) is 12.8 Å². The Kier molecular flexibility index (Phi) is 5.91. The van der Waals surface area contributed by atoms with Crippen LogP contribution in [0.4, 0.5) is 4.79 Å². The zero-order valence-corrected chi connectivity index (χ0v) is 10.9. The van der Waals surface area contributed by atoms with E-state index in [-0.39, 0.29) is 6.03 Å². The maximum absolute atomic E-state index is 11.4. The highest BCUT2D eigenvalue weighted by Gasteiger charge is 2.21. The topological polar surface area (TPSA) is 87.7 Å². The summed E-state index contributed by atoms with van der Waals surface area (Å²) in [7, 11) is 0. The Morgan fingerprint density at radius 3 is 2.61 bits per heavy atom. The van der Waals surface area contributed by atoms with Gasteiger partial charge in [-0.2, -0.15) is 0 Å². The van der Waals surface area contributed by atoms with Crippen LogP contribution in [0, 0.1) is 11.8 Å². The SMILES string of the molecule is CC(NC(=O)NCCOCC1CC1)C(C)C(=O)O. The molecule has 0 spiro atoms. The Hall–Kier alpha value is -1.30. The molecule has 1 saturated carbocycles. The van der Waals surface area contributed by atoms with Crippen LogP contribution in [0.25, 0.3) is 0 Å². The van der Waals surface area contributed by atoms with Gasteiger partial charge in [-0.1, -0.05) is 0 Å². The fourth-order valence-electron chi connectivity index (χ4n) is 1.37. The van der Waals surface area contributed by atoms with Crippen LogP contribution in [0.2, 0.25) is 0 Å². The summed E-state index contributed by atoms with van der Waals surface area (Å²) < 4.78 is 5.36. The lowest BCUT2D eigenvalue weighted by Crippen LogP contribution is -2.46. The summed E-state index contributed by atoms with van der Waals surface area (Å²) in [6.45, 7) is 4.93. The van der Waals surface area contributed by atoms with Crippen LogP contribution < -0.4 is 10.6 Å². The lowest BCUT2D eigenvalue weighted by molar-refractivity contribution is -0.141. The third-order valence-corrected chi connectivity index (χ3v) is 3.08. The molecule has 0 aliphatic heterocycles. The predicted octanol–water partition coefficient (Wildman–Crippen LogP) is 0.821. The Morgan fingerprint density at radius 2 is 2.06 bits per heavy atom. The number of carbonyl (C=O) groups excluding carboxylic acids is 1. The van der Waals surface area contributed by atoms with E-state index in [1.807, 2.05) is 0 Å². The lowest BCUT2D eigenvalue weighted by atomic mass is 10.0. The molecule has 2 atom stereocenters. The van der Waals surface area contributed by atoms with E-state index in [9.17, 15) is 9.59 Å². The molecule has 0 aromatic rings. The van der Waals surface area contributed by atoms with Crippen LogP contribution in [0.15, 0.2) is 0 Å². The van der Waals surface area contributed by atoms with Gasteiger partial charge in [0.05, 0.1) is 12.5 Å². The normalized spacial score (nSPS) is 17.9. The number of aliphatic carboxylic acids is 1. The zero-order chi connectivity index (χ0) is 13.5. The summed E-state index contributed by atoms with van der Waals surface area (Å²) in [6, 6.07) is -0.763. The second-order valence-electron chi connectivity index (χ2n) is 4.83. The molecule has 2 unspecified atom stereocenters.